The van der Waals surface area contributed by atoms with Crippen LogP contribution in [0, 0.1) is 23.7 Å². The first-order valence-corrected chi connectivity index (χ1v) is 44.2. The minimum Gasteiger partial charge on any atom is -0.550 e. The van der Waals surface area contributed by atoms with E-state index in [1.54, 1.807) is 0 Å². The summed E-state index contributed by atoms with van der Waals surface area (Å²) in [5, 5.41) is 44.3. The van der Waals surface area contributed by atoms with E-state index >= 15 is 0 Å². The second kappa shape index (κ2) is 76.4. The molecule has 0 N–H and O–H groups in total. The van der Waals surface area contributed by atoms with Gasteiger partial charge in [-0.3, -0.25) is 19.2 Å². The van der Waals surface area contributed by atoms with Crippen molar-refractivity contribution in [3.63, 3.8) is 0 Å². The number of ketones is 4. The molecule has 664 valence electrons. The van der Waals surface area contributed by atoms with Gasteiger partial charge in [0.1, 0.15) is 47.5 Å². The first kappa shape index (κ1) is 119. The molecule has 0 aromatic carbocycles. The summed E-state index contributed by atoms with van der Waals surface area (Å²) in [5.41, 5.74) is 0. The van der Waals surface area contributed by atoms with Crippen molar-refractivity contribution >= 4 is 47.0 Å². The number of ether oxygens (including phenoxy) is 12. The molecule has 0 radical (unpaired) electrons. The molecule has 0 fully saturated rings. The number of carbonyl (C=O) groups excluding carboxylic acids is 8. The maximum absolute atomic E-state index is 12.8. The first-order valence-electron chi connectivity index (χ1n) is 44.2. The number of hydrogen-bond acceptors (Lipinski definition) is 24. The Morgan fingerprint density at radius 1 is 0.212 bits per heavy atom. The topological polar surface area (TPSA) is 340 Å². The van der Waals surface area contributed by atoms with Crippen molar-refractivity contribution in [3.8, 4) is 0 Å². The zero-order chi connectivity index (χ0) is 85.7. The van der Waals surface area contributed by atoms with Crippen LogP contribution in [0.1, 0.15) is 370 Å². The Hall–Kier alpha value is -3.04. The molecule has 0 aromatic rings. The van der Waals surface area contributed by atoms with Crippen LogP contribution in [-0.2, 0) is 121 Å². The molecule has 0 bridgehead atoms. The minimum atomic E-state index is -1.38. The Balaban J connectivity index is -0.000000457. The molecule has 113 heavy (non-hydrogen) atoms. The van der Waals surface area contributed by atoms with Crippen molar-refractivity contribution in [1.82, 2.24) is 0 Å². The molecule has 0 saturated carbocycles. The summed E-state index contributed by atoms with van der Waals surface area (Å²) in [5.74, 6) is -15.1. The number of carboxylic acid groups (broad SMARTS) is 4. The molecule has 0 aromatic heterocycles. The maximum atomic E-state index is 12.8. The van der Waals surface area contributed by atoms with E-state index in [0.717, 1.165) is 154 Å². The summed E-state index contributed by atoms with van der Waals surface area (Å²) < 4.78 is 74.7. The molecule has 0 rings (SSSR count). The largest absolute Gasteiger partial charge is 4.00 e. The van der Waals surface area contributed by atoms with Crippen LogP contribution in [0.15, 0.2) is 0 Å². The summed E-state index contributed by atoms with van der Waals surface area (Å²) in [6.45, 7) is 45.9. The standard InChI is InChI=1S/4C22H42O6.Zr/c4*1-6-11-14-26-20(10-5)22(27-15-12-7-2,28-16-13-8-3)18(9-4)19(23)17-21(24)25;/h4*18,20H,6-17H2,1-5H3,(H,24,25);/q;;;;+4/p-4. The molecule has 0 amide bonds. The average molecular weight is 1700 g/mol. The van der Waals surface area contributed by atoms with E-state index < -0.39 is 144 Å². The van der Waals surface area contributed by atoms with Gasteiger partial charge in [-0.05, 0) is 128 Å². The predicted molar refractivity (Wildman–Crippen MR) is 431 cm³/mol. The molecular formula is C88H164O24Zr. The van der Waals surface area contributed by atoms with Gasteiger partial charge < -0.3 is 96.4 Å². The van der Waals surface area contributed by atoms with Crippen molar-refractivity contribution in [2.45, 2.75) is 417 Å². The maximum Gasteiger partial charge on any atom is 4.00 e. The SMILES string of the molecule is CCCCOC(CC)C(OCCCC)(OCCCC)C(CC)C(=O)CC(=O)[O-].CCCCOC(CC)C(OCCCC)(OCCCC)C(CC)C(=O)CC(=O)[O-].CCCCOC(CC)C(OCCCC)(OCCCC)C(CC)C(=O)CC(=O)[O-].CCCCOC(CC)C(OCCCC)(OCCCC)C(CC)C(=O)CC(=O)[O-].[Zr+4]. The average Bonchev–Trinajstić information content (AvgIpc) is 0.810. The molecule has 0 aliphatic rings. The van der Waals surface area contributed by atoms with E-state index in [9.17, 15) is 58.8 Å². The quantitative estimate of drug-likeness (QED) is 0.0310. The van der Waals surface area contributed by atoms with Crippen molar-refractivity contribution in [1.29, 1.82) is 0 Å². The molecule has 0 aliphatic heterocycles. The van der Waals surface area contributed by atoms with Crippen LogP contribution in [0.5, 0.6) is 0 Å². The third-order valence-electron chi connectivity index (χ3n) is 19.6. The van der Waals surface area contributed by atoms with Gasteiger partial charge >= 0.3 is 26.2 Å². The van der Waals surface area contributed by atoms with E-state index in [1.165, 1.54) is 0 Å². The fourth-order valence-corrected chi connectivity index (χ4v) is 13.2. The Bertz CT molecular complexity index is 1970. The third-order valence-corrected chi connectivity index (χ3v) is 19.6. The number of carbonyl (C=O) groups is 8. The van der Waals surface area contributed by atoms with Crippen LogP contribution in [0.2, 0.25) is 0 Å². The monoisotopic (exact) mass is 1700 g/mol. The second-order valence-electron chi connectivity index (χ2n) is 28.9. The van der Waals surface area contributed by atoms with E-state index in [1.807, 2.05) is 55.4 Å². The van der Waals surface area contributed by atoms with Gasteiger partial charge in [0.2, 0.25) is 23.1 Å². The number of carboxylic acids is 4. The third kappa shape index (κ3) is 48.1. The number of aliphatic carboxylic acids is 4. The Morgan fingerprint density at radius 3 is 0.434 bits per heavy atom. The Kier molecular flexibility index (Phi) is 80.1. The smallest absolute Gasteiger partial charge is 0.550 e. The fourth-order valence-electron chi connectivity index (χ4n) is 13.2. The van der Waals surface area contributed by atoms with Gasteiger partial charge in [0.15, 0.2) is 0 Å². The van der Waals surface area contributed by atoms with Crippen molar-refractivity contribution < 1.29 is 142 Å². The van der Waals surface area contributed by atoms with Crippen LogP contribution in [0.4, 0.5) is 0 Å². The summed E-state index contributed by atoms with van der Waals surface area (Å²) in [7, 11) is 0. The molecule has 24 nitrogen and oxygen atoms in total. The number of Topliss-reactive ketones (excluding diaryl/α,β-unsaturated/α-hetero) is 4. The molecular weight excluding hydrogens is 1530 g/mol. The molecule has 0 heterocycles. The van der Waals surface area contributed by atoms with E-state index in [4.69, 9.17) is 56.8 Å². The number of rotatable bonds is 76. The van der Waals surface area contributed by atoms with Crippen LogP contribution in [-0.4, -0.2) is 174 Å². The van der Waals surface area contributed by atoms with Gasteiger partial charge in [0.05, 0.1) is 76.5 Å². The van der Waals surface area contributed by atoms with Gasteiger partial charge in [-0.1, -0.05) is 216 Å². The minimum absolute atomic E-state index is 0. The first-order chi connectivity index (χ1) is 53.7. The summed E-state index contributed by atoms with van der Waals surface area (Å²) in [6, 6.07) is 0. The van der Waals surface area contributed by atoms with Gasteiger partial charge in [-0.2, -0.15) is 0 Å². The van der Waals surface area contributed by atoms with E-state index in [0.29, 0.717) is 131 Å². The van der Waals surface area contributed by atoms with Crippen LogP contribution in [0.25, 0.3) is 0 Å². The van der Waals surface area contributed by atoms with Crippen LogP contribution < -0.4 is 20.4 Å². The molecule has 0 aliphatic carbocycles. The van der Waals surface area contributed by atoms with Gasteiger partial charge in [-0.25, -0.2) is 0 Å². The van der Waals surface area contributed by atoms with E-state index in [-0.39, 0.29) is 26.2 Å². The predicted octanol–water partition coefficient (Wildman–Crippen LogP) is 14.6. The number of hydrogen-bond donors (Lipinski definition) is 0. The molecule has 8 atom stereocenters. The van der Waals surface area contributed by atoms with E-state index in [2.05, 4.69) is 83.1 Å². The molecule has 8 unspecified atom stereocenters. The summed E-state index contributed by atoms with van der Waals surface area (Å²) in [6.07, 6.45) is 21.6. The van der Waals surface area contributed by atoms with Crippen molar-refractivity contribution in [2.75, 3.05) is 79.3 Å². The van der Waals surface area contributed by atoms with Crippen LogP contribution >= 0.6 is 0 Å². The summed E-state index contributed by atoms with van der Waals surface area (Å²) >= 11 is 0. The molecule has 25 heteroatoms. The fraction of sp³-hybridized carbons (Fsp3) is 0.909. The van der Waals surface area contributed by atoms with Gasteiger partial charge in [0, 0.05) is 76.0 Å². The second-order valence-corrected chi connectivity index (χ2v) is 28.9. The van der Waals surface area contributed by atoms with Gasteiger partial charge in [-0.15, -0.1) is 0 Å². The zero-order valence-corrected chi connectivity index (χ0v) is 77.3. The van der Waals surface area contributed by atoms with Crippen molar-refractivity contribution in [2.24, 2.45) is 23.7 Å². The van der Waals surface area contributed by atoms with Gasteiger partial charge in [0.25, 0.3) is 0 Å². The Morgan fingerprint density at radius 2 is 0.336 bits per heavy atom. The normalized spacial score (nSPS) is 13.9. The van der Waals surface area contributed by atoms with Crippen LogP contribution in [0.3, 0.4) is 0 Å². The molecule has 0 spiro atoms. The Labute approximate surface area is 705 Å². The molecule has 0 saturated heterocycles. The van der Waals surface area contributed by atoms with Crippen molar-refractivity contribution in [3.05, 3.63) is 0 Å². The zero-order valence-electron chi connectivity index (χ0n) is 74.9. The number of unbranched alkanes of at least 4 members (excludes halogenated alkanes) is 12. The summed E-state index contributed by atoms with van der Waals surface area (Å²) in [4.78, 5) is 95.6.